The third kappa shape index (κ3) is 1.58. The number of carbonyl (C=O) groups is 1. The number of aromatic carboxylic acids is 1. The number of nitrogens with zero attached hydrogens (tertiary/aromatic N) is 1. The number of aromatic nitrogens is 1. The lowest BCUT2D eigenvalue weighted by Crippen LogP contribution is -2.23. The van der Waals surface area contributed by atoms with Crippen molar-refractivity contribution in [1.29, 1.82) is 0 Å². The van der Waals surface area contributed by atoms with Gasteiger partial charge >= 0.3 is 0 Å². The maximum Gasteiger partial charge on any atom is 0.130 e. The molecule has 0 aliphatic heterocycles. The Morgan fingerprint density at radius 3 is 2.81 bits per heavy atom. The third-order valence-electron chi connectivity index (χ3n) is 2.43. The third-order valence-corrected chi connectivity index (χ3v) is 2.43. The van der Waals surface area contributed by atoms with Gasteiger partial charge in [-0.15, -0.1) is 0 Å². The highest BCUT2D eigenvalue weighted by Gasteiger charge is 2.08. The van der Waals surface area contributed by atoms with Gasteiger partial charge in [-0.2, -0.15) is 0 Å². The number of ether oxygens (including phenoxy) is 1. The van der Waals surface area contributed by atoms with Crippen LogP contribution in [0, 0.1) is 6.92 Å². The Bertz CT molecular complexity index is 563. The fourth-order valence-corrected chi connectivity index (χ4v) is 1.63. The van der Waals surface area contributed by atoms with Crippen LogP contribution >= 0.6 is 0 Å². The zero-order valence-corrected chi connectivity index (χ0v) is 8.98. The highest BCUT2D eigenvalue weighted by atomic mass is 16.5. The summed E-state index contributed by atoms with van der Waals surface area (Å²) in [6.45, 7) is 1.87. The molecule has 16 heavy (non-hydrogen) atoms. The summed E-state index contributed by atoms with van der Waals surface area (Å²) in [5.74, 6) is -0.809. The Morgan fingerprint density at radius 1 is 1.44 bits per heavy atom. The van der Waals surface area contributed by atoms with Crippen LogP contribution in [0.5, 0.6) is 5.75 Å². The molecule has 0 bridgehead atoms. The van der Waals surface area contributed by atoms with E-state index in [0.29, 0.717) is 11.3 Å². The summed E-state index contributed by atoms with van der Waals surface area (Å²) < 4.78 is 5.14. The van der Waals surface area contributed by atoms with Crippen molar-refractivity contribution in [2.24, 2.45) is 0 Å². The predicted octanol–water partition coefficient (Wildman–Crippen LogP) is 0.915. The summed E-state index contributed by atoms with van der Waals surface area (Å²) >= 11 is 0. The van der Waals surface area contributed by atoms with E-state index in [4.69, 9.17) is 4.74 Å². The van der Waals surface area contributed by atoms with Crippen molar-refractivity contribution in [3.63, 3.8) is 0 Å². The van der Waals surface area contributed by atoms with Crippen LogP contribution in [0.4, 0.5) is 0 Å². The van der Waals surface area contributed by atoms with Gasteiger partial charge in [-0.3, -0.25) is 0 Å². The lowest BCUT2D eigenvalue weighted by atomic mass is 10.1. The van der Waals surface area contributed by atoms with Crippen molar-refractivity contribution >= 4 is 16.9 Å². The van der Waals surface area contributed by atoms with Crippen molar-refractivity contribution in [1.82, 2.24) is 4.98 Å². The number of aryl methyl sites for hydroxylation is 1. The number of fused-ring (bicyclic) bond motifs is 1. The molecule has 0 spiro atoms. The van der Waals surface area contributed by atoms with Crippen molar-refractivity contribution in [3.8, 4) is 5.75 Å². The first-order valence-electron chi connectivity index (χ1n) is 4.79. The molecule has 0 saturated heterocycles. The van der Waals surface area contributed by atoms with Crippen LogP contribution in [-0.4, -0.2) is 18.1 Å². The maximum atomic E-state index is 10.8. The normalized spacial score (nSPS) is 10.4. The van der Waals surface area contributed by atoms with E-state index in [2.05, 4.69) is 4.98 Å². The van der Waals surface area contributed by atoms with E-state index in [1.54, 1.807) is 0 Å². The standard InChI is InChI=1S/C12H11NO3/c1-7-4-3-5-8-10(16-2)6-9(12(14)15)13-11(7)8/h3-6H,1-2H3,(H,14,15)/p-1. The average molecular weight is 216 g/mol. The number of para-hydroxylation sites is 1. The Morgan fingerprint density at radius 2 is 2.19 bits per heavy atom. The summed E-state index contributed by atoms with van der Waals surface area (Å²) in [5.41, 5.74) is 1.42. The van der Waals surface area contributed by atoms with E-state index in [-0.39, 0.29) is 5.69 Å². The van der Waals surface area contributed by atoms with Crippen LogP contribution < -0.4 is 9.84 Å². The van der Waals surface area contributed by atoms with Crippen LogP contribution in [0.15, 0.2) is 24.3 Å². The summed E-state index contributed by atoms with van der Waals surface area (Å²) in [7, 11) is 1.50. The molecule has 0 aliphatic rings. The second-order valence-electron chi connectivity index (χ2n) is 3.47. The van der Waals surface area contributed by atoms with Gasteiger partial charge in [0.1, 0.15) is 5.75 Å². The fraction of sp³-hybridized carbons (Fsp3) is 0.167. The monoisotopic (exact) mass is 216 g/mol. The van der Waals surface area contributed by atoms with Crippen LogP contribution in [-0.2, 0) is 0 Å². The molecule has 1 heterocycles. The molecule has 1 aromatic heterocycles. The number of carboxylic acid groups (broad SMARTS) is 1. The Balaban J connectivity index is 2.84. The van der Waals surface area contributed by atoms with E-state index in [1.807, 2.05) is 25.1 Å². The van der Waals surface area contributed by atoms with Crippen molar-refractivity contribution in [3.05, 3.63) is 35.5 Å². The molecule has 4 heteroatoms. The first kappa shape index (κ1) is 10.4. The van der Waals surface area contributed by atoms with Gasteiger partial charge in [0.15, 0.2) is 0 Å². The van der Waals surface area contributed by atoms with Crippen LogP contribution in [0.25, 0.3) is 10.9 Å². The first-order chi connectivity index (χ1) is 7.63. The molecular weight excluding hydrogens is 206 g/mol. The number of hydrogen-bond acceptors (Lipinski definition) is 4. The molecule has 0 atom stereocenters. The lowest BCUT2D eigenvalue weighted by molar-refractivity contribution is -0.255. The SMILES string of the molecule is COc1cc(C(=O)[O-])nc2c(C)cccc12. The smallest absolute Gasteiger partial charge is 0.130 e. The van der Waals surface area contributed by atoms with E-state index in [0.717, 1.165) is 10.9 Å². The number of hydrogen-bond donors (Lipinski definition) is 0. The molecule has 2 rings (SSSR count). The van der Waals surface area contributed by atoms with Gasteiger partial charge in [0.2, 0.25) is 0 Å². The number of pyridine rings is 1. The molecule has 0 saturated carbocycles. The zero-order valence-electron chi connectivity index (χ0n) is 8.98. The predicted molar refractivity (Wildman–Crippen MR) is 57.4 cm³/mol. The molecule has 4 nitrogen and oxygen atoms in total. The average Bonchev–Trinajstić information content (AvgIpc) is 2.28. The quantitative estimate of drug-likeness (QED) is 0.748. The number of rotatable bonds is 2. The summed E-state index contributed by atoms with van der Waals surface area (Å²) in [6, 6.07) is 6.96. The lowest BCUT2D eigenvalue weighted by Gasteiger charge is -2.10. The fourth-order valence-electron chi connectivity index (χ4n) is 1.63. The minimum absolute atomic E-state index is 0.112. The summed E-state index contributed by atoms with van der Waals surface area (Å²) in [5, 5.41) is 11.6. The van der Waals surface area contributed by atoms with Crippen molar-refractivity contribution < 1.29 is 14.6 Å². The van der Waals surface area contributed by atoms with Crippen LogP contribution in [0.1, 0.15) is 16.1 Å². The molecule has 0 amide bonds. The number of methoxy groups -OCH3 is 1. The van der Waals surface area contributed by atoms with Crippen molar-refractivity contribution in [2.45, 2.75) is 6.92 Å². The Labute approximate surface area is 92.5 Å². The maximum absolute atomic E-state index is 10.8. The highest BCUT2D eigenvalue weighted by Crippen LogP contribution is 2.26. The molecule has 82 valence electrons. The number of carbonyl (C=O) groups excluding carboxylic acids is 1. The van der Waals surface area contributed by atoms with Gasteiger partial charge < -0.3 is 14.6 Å². The van der Waals surface area contributed by atoms with E-state index in [9.17, 15) is 9.90 Å². The molecule has 0 radical (unpaired) electrons. The molecule has 0 N–H and O–H groups in total. The molecule has 1 aromatic carbocycles. The topological polar surface area (TPSA) is 62.2 Å². The van der Waals surface area contributed by atoms with E-state index < -0.39 is 5.97 Å². The molecule has 0 fully saturated rings. The van der Waals surface area contributed by atoms with Gasteiger partial charge in [-0.05, 0) is 18.6 Å². The van der Waals surface area contributed by atoms with E-state index >= 15 is 0 Å². The zero-order chi connectivity index (χ0) is 11.7. The van der Waals surface area contributed by atoms with Crippen LogP contribution in [0.3, 0.4) is 0 Å². The minimum atomic E-state index is -1.30. The van der Waals surface area contributed by atoms with E-state index in [1.165, 1.54) is 13.2 Å². The molecule has 2 aromatic rings. The molecular formula is C12H10NO3-. The second-order valence-corrected chi connectivity index (χ2v) is 3.47. The van der Waals surface area contributed by atoms with Crippen molar-refractivity contribution in [2.75, 3.05) is 7.11 Å². The summed E-state index contributed by atoms with van der Waals surface area (Å²) in [6.07, 6.45) is 0. The molecule has 0 unspecified atom stereocenters. The van der Waals surface area contributed by atoms with Gasteiger partial charge in [0.25, 0.3) is 0 Å². The summed E-state index contributed by atoms with van der Waals surface area (Å²) in [4.78, 5) is 14.8. The second kappa shape index (κ2) is 3.81. The first-order valence-corrected chi connectivity index (χ1v) is 4.79. The number of carboxylic acids is 1. The highest BCUT2D eigenvalue weighted by molar-refractivity contribution is 5.93. The molecule has 0 aliphatic carbocycles. The van der Waals surface area contributed by atoms with Gasteiger partial charge in [-0.1, -0.05) is 12.1 Å². The Kier molecular flexibility index (Phi) is 2.48. The van der Waals surface area contributed by atoms with Gasteiger partial charge in [-0.25, -0.2) is 4.98 Å². The van der Waals surface area contributed by atoms with Crippen LogP contribution in [0.2, 0.25) is 0 Å². The van der Waals surface area contributed by atoms with Gasteiger partial charge in [0, 0.05) is 11.5 Å². The number of benzene rings is 1. The largest absolute Gasteiger partial charge is 0.543 e. The Hall–Kier alpha value is -2.10. The minimum Gasteiger partial charge on any atom is -0.543 e. The van der Waals surface area contributed by atoms with Gasteiger partial charge in [0.05, 0.1) is 24.3 Å².